The molecular weight excluding hydrogens is 142 g/mol. The molecule has 1 aromatic heterocycles. The summed E-state index contributed by atoms with van der Waals surface area (Å²) in [4.78, 5) is 7.72. The van der Waals surface area contributed by atoms with Gasteiger partial charge in [0.2, 0.25) is 5.88 Å². The molecular formula is C7H11N3O. The van der Waals surface area contributed by atoms with E-state index in [1.165, 1.54) is 6.33 Å². The topological polar surface area (TPSA) is 61.0 Å². The van der Waals surface area contributed by atoms with Crippen molar-refractivity contribution in [2.75, 3.05) is 12.3 Å². The maximum Gasteiger partial charge on any atom is 0.221 e. The van der Waals surface area contributed by atoms with Gasteiger partial charge in [-0.2, -0.15) is 0 Å². The van der Waals surface area contributed by atoms with Crippen LogP contribution >= 0.6 is 0 Å². The van der Waals surface area contributed by atoms with Crippen molar-refractivity contribution in [3.63, 3.8) is 0 Å². The molecule has 0 aliphatic rings. The van der Waals surface area contributed by atoms with E-state index in [2.05, 4.69) is 9.97 Å². The molecule has 0 aliphatic carbocycles. The summed E-state index contributed by atoms with van der Waals surface area (Å²) >= 11 is 0. The van der Waals surface area contributed by atoms with Gasteiger partial charge in [0, 0.05) is 0 Å². The first-order valence-electron chi connectivity index (χ1n) is 3.45. The van der Waals surface area contributed by atoms with Gasteiger partial charge in [0.15, 0.2) is 0 Å². The first-order chi connectivity index (χ1) is 5.25. The van der Waals surface area contributed by atoms with Crippen molar-refractivity contribution in [2.45, 2.75) is 13.8 Å². The third-order valence-corrected chi connectivity index (χ3v) is 1.36. The lowest BCUT2D eigenvalue weighted by Gasteiger charge is -2.05. The third-order valence-electron chi connectivity index (χ3n) is 1.36. The van der Waals surface area contributed by atoms with E-state index in [9.17, 15) is 0 Å². The molecule has 0 atom stereocenters. The van der Waals surface area contributed by atoms with Crippen LogP contribution in [0.2, 0.25) is 0 Å². The second kappa shape index (κ2) is 3.18. The number of nitrogens with two attached hydrogens (primary N) is 1. The van der Waals surface area contributed by atoms with Gasteiger partial charge in [0.25, 0.3) is 0 Å². The molecule has 0 amide bonds. The summed E-state index contributed by atoms with van der Waals surface area (Å²) in [5, 5.41) is 0. The summed E-state index contributed by atoms with van der Waals surface area (Å²) in [5.41, 5.74) is 6.32. The lowest BCUT2D eigenvalue weighted by atomic mass is 10.3. The van der Waals surface area contributed by atoms with Gasteiger partial charge in [-0.15, -0.1) is 0 Å². The minimum absolute atomic E-state index is 0.475. The number of anilines is 1. The molecule has 0 unspecified atom stereocenters. The van der Waals surface area contributed by atoms with E-state index >= 15 is 0 Å². The molecule has 0 saturated heterocycles. The fourth-order valence-corrected chi connectivity index (χ4v) is 0.729. The molecule has 1 rings (SSSR count). The van der Waals surface area contributed by atoms with E-state index in [4.69, 9.17) is 10.5 Å². The molecule has 60 valence electrons. The van der Waals surface area contributed by atoms with Crippen molar-refractivity contribution < 1.29 is 4.74 Å². The van der Waals surface area contributed by atoms with Crippen LogP contribution < -0.4 is 10.5 Å². The highest BCUT2D eigenvalue weighted by Crippen LogP contribution is 2.16. The maximum atomic E-state index is 5.52. The van der Waals surface area contributed by atoms with E-state index in [1.807, 2.05) is 13.8 Å². The van der Waals surface area contributed by atoms with Crippen LogP contribution in [0.1, 0.15) is 12.5 Å². The molecule has 0 bridgehead atoms. The number of rotatable bonds is 2. The molecule has 2 N–H and O–H groups in total. The van der Waals surface area contributed by atoms with Gasteiger partial charge in [-0.1, -0.05) is 0 Å². The first-order valence-corrected chi connectivity index (χ1v) is 3.45. The molecule has 0 spiro atoms. The number of hydrogen-bond donors (Lipinski definition) is 1. The lowest BCUT2D eigenvalue weighted by molar-refractivity contribution is 0.324. The SMILES string of the molecule is CCOc1ncnc(N)c1C. The van der Waals surface area contributed by atoms with Crippen molar-refractivity contribution >= 4 is 5.82 Å². The van der Waals surface area contributed by atoms with Gasteiger partial charge in [-0.3, -0.25) is 0 Å². The summed E-state index contributed by atoms with van der Waals surface area (Å²) in [6, 6.07) is 0. The minimum Gasteiger partial charge on any atom is -0.478 e. The van der Waals surface area contributed by atoms with Crippen molar-refractivity contribution in [1.29, 1.82) is 0 Å². The van der Waals surface area contributed by atoms with Crippen LogP contribution in [0.25, 0.3) is 0 Å². The smallest absolute Gasteiger partial charge is 0.221 e. The fraction of sp³-hybridized carbons (Fsp3) is 0.429. The van der Waals surface area contributed by atoms with Crippen LogP contribution in [0.15, 0.2) is 6.33 Å². The van der Waals surface area contributed by atoms with Gasteiger partial charge in [-0.05, 0) is 13.8 Å². The van der Waals surface area contributed by atoms with Gasteiger partial charge in [-0.25, -0.2) is 9.97 Å². The molecule has 4 heteroatoms. The number of aromatic nitrogens is 2. The Morgan fingerprint density at radius 1 is 1.55 bits per heavy atom. The largest absolute Gasteiger partial charge is 0.478 e. The maximum absolute atomic E-state index is 5.52. The highest BCUT2D eigenvalue weighted by Gasteiger charge is 2.02. The molecule has 1 heterocycles. The van der Waals surface area contributed by atoms with Crippen LogP contribution in [-0.2, 0) is 0 Å². The van der Waals surface area contributed by atoms with Gasteiger partial charge in [0.05, 0.1) is 12.2 Å². The zero-order valence-corrected chi connectivity index (χ0v) is 6.66. The summed E-state index contributed by atoms with van der Waals surface area (Å²) < 4.78 is 5.19. The van der Waals surface area contributed by atoms with Crippen LogP contribution in [0, 0.1) is 6.92 Å². The normalized spacial score (nSPS) is 9.64. The number of nitrogens with zero attached hydrogens (tertiary/aromatic N) is 2. The molecule has 4 nitrogen and oxygen atoms in total. The highest BCUT2D eigenvalue weighted by atomic mass is 16.5. The Bertz CT molecular complexity index is 249. The Labute approximate surface area is 65.4 Å². The second-order valence-corrected chi connectivity index (χ2v) is 2.12. The molecule has 0 saturated carbocycles. The Morgan fingerprint density at radius 2 is 2.27 bits per heavy atom. The van der Waals surface area contributed by atoms with E-state index in [0.29, 0.717) is 18.3 Å². The van der Waals surface area contributed by atoms with Gasteiger partial charge >= 0.3 is 0 Å². The Balaban J connectivity index is 2.96. The van der Waals surface area contributed by atoms with E-state index < -0.39 is 0 Å². The predicted molar refractivity (Wildman–Crippen MR) is 42.4 cm³/mol. The zero-order chi connectivity index (χ0) is 8.27. The van der Waals surface area contributed by atoms with Crippen LogP contribution in [-0.4, -0.2) is 16.6 Å². The third kappa shape index (κ3) is 1.58. The molecule has 0 fully saturated rings. The van der Waals surface area contributed by atoms with E-state index in [1.54, 1.807) is 0 Å². The Kier molecular flexibility index (Phi) is 2.25. The highest BCUT2D eigenvalue weighted by molar-refractivity contribution is 5.42. The first kappa shape index (κ1) is 7.78. The monoisotopic (exact) mass is 153 g/mol. The van der Waals surface area contributed by atoms with Gasteiger partial charge in [0.1, 0.15) is 12.1 Å². The summed E-state index contributed by atoms with van der Waals surface area (Å²) in [7, 11) is 0. The van der Waals surface area contributed by atoms with Crippen molar-refractivity contribution in [3.05, 3.63) is 11.9 Å². The molecule has 1 aromatic rings. The minimum atomic E-state index is 0.475. The molecule has 0 aliphatic heterocycles. The zero-order valence-electron chi connectivity index (χ0n) is 6.66. The number of hydrogen-bond acceptors (Lipinski definition) is 4. The second-order valence-electron chi connectivity index (χ2n) is 2.12. The summed E-state index contributed by atoms with van der Waals surface area (Å²) in [6.45, 7) is 4.33. The standard InChI is InChI=1S/C7H11N3O/c1-3-11-7-5(2)6(8)9-4-10-7/h4H,3H2,1-2H3,(H2,8,9,10). The van der Waals surface area contributed by atoms with E-state index in [-0.39, 0.29) is 0 Å². The molecule has 0 radical (unpaired) electrons. The van der Waals surface area contributed by atoms with Crippen molar-refractivity contribution in [2.24, 2.45) is 0 Å². The summed E-state index contributed by atoms with van der Waals surface area (Å²) in [6.07, 6.45) is 1.40. The molecule has 11 heavy (non-hydrogen) atoms. The van der Waals surface area contributed by atoms with Crippen LogP contribution in [0.4, 0.5) is 5.82 Å². The molecule has 0 aromatic carbocycles. The van der Waals surface area contributed by atoms with Crippen molar-refractivity contribution in [3.8, 4) is 5.88 Å². The fourth-order valence-electron chi connectivity index (χ4n) is 0.729. The number of ether oxygens (including phenoxy) is 1. The quantitative estimate of drug-likeness (QED) is 0.681. The predicted octanol–water partition coefficient (Wildman–Crippen LogP) is 0.766. The van der Waals surface area contributed by atoms with Crippen LogP contribution in [0.5, 0.6) is 5.88 Å². The van der Waals surface area contributed by atoms with E-state index in [0.717, 1.165) is 5.56 Å². The summed E-state index contributed by atoms with van der Waals surface area (Å²) in [5.74, 6) is 1.04. The van der Waals surface area contributed by atoms with Crippen LogP contribution in [0.3, 0.4) is 0 Å². The Hall–Kier alpha value is -1.32. The lowest BCUT2D eigenvalue weighted by Crippen LogP contribution is -2.01. The Morgan fingerprint density at radius 3 is 2.91 bits per heavy atom. The number of nitrogen functional groups attached to an aromatic ring is 1. The average molecular weight is 153 g/mol. The average Bonchev–Trinajstić information content (AvgIpc) is 1.99. The van der Waals surface area contributed by atoms with Crippen molar-refractivity contribution in [1.82, 2.24) is 9.97 Å². The van der Waals surface area contributed by atoms with Gasteiger partial charge < -0.3 is 10.5 Å².